The first-order valence-electron chi connectivity index (χ1n) is 10.6. The molecule has 2 aliphatic heterocycles. The van der Waals surface area contributed by atoms with Gasteiger partial charge in [-0.05, 0) is 49.5 Å². The zero-order valence-corrected chi connectivity index (χ0v) is 20.2. The van der Waals surface area contributed by atoms with Gasteiger partial charge >= 0.3 is 11.8 Å². The van der Waals surface area contributed by atoms with Crippen molar-refractivity contribution in [2.45, 2.75) is 45.3 Å². The first kappa shape index (κ1) is 23.6. The van der Waals surface area contributed by atoms with E-state index < -0.39 is 10.5 Å². The molecule has 0 saturated carbocycles. The largest absolute Gasteiger partial charge is 0.490 e. The number of methoxy groups -OCH3 is 1. The standard InChI is InChI=1S/C21H31BrN4O5/c1-21(2,3)31-20(27)25-11-9-23(10-12-25)15-5-7-24(8-6-15)17-14-19(30-4)18(26(28)29)13-16(17)22/h13-15H,5-12H2,1-4H3. The molecule has 31 heavy (non-hydrogen) atoms. The average molecular weight is 499 g/mol. The molecule has 3 rings (SSSR count). The highest BCUT2D eigenvalue weighted by Crippen LogP contribution is 2.39. The van der Waals surface area contributed by atoms with Crippen LogP contribution in [0.5, 0.6) is 5.75 Å². The molecular formula is C21H31BrN4O5. The third-order valence-electron chi connectivity index (χ3n) is 5.73. The van der Waals surface area contributed by atoms with Crippen LogP contribution >= 0.6 is 15.9 Å². The van der Waals surface area contributed by atoms with Crippen molar-refractivity contribution in [2.75, 3.05) is 51.3 Å². The number of carbonyl (C=O) groups excluding carboxylic acids is 1. The van der Waals surface area contributed by atoms with Crippen LogP contribution in [-0.2, 0) is 4.74 Å². The number of hydrogen-bond acceptors (Lipinski definition) is 7. The van der Waals surface area contributed by atoms with Crippen molar-refractivity contribution in [1.82, 2.24) is 9.80 Å². The Hall–Kier alpha value is -2.07. The number of anilines is 1. The van der Waals surface area contributed by atoms with Crippen molar-refractivity contribution in [3.63, 3.8) is 0 Å². The molecule has 10 heteroatoms. The maximum absolute atomic E-state index is 12.3. The number of amides is 1. The minimum atomic E-state index is -0.476. The lowest BCUT2D eigenvalue weighted by molar-refractivity contribution is -0.385. The first-order valence-corrected chi connectivity index (χ1v) is 11.4. The van der Waals surface area contributed by atoms with E-state index in [-0.39, 0.29) is 17.5 Å². The summed E-state index contributed by atoms with van der Waals surface area (Å²) in [6, 6.07) is 3.72. The Morgan fingerprint density at radius 2 is 1.74 bits per heavy atom. The number of piperidine rings is 1. The van der Waals surface area contributed by atoms with Gasteiger partial charge in [0.05, 0.1) is 17.7 Å². The summed E-state index contributed by atoms with van der Waals surface area (Å²) in [6.45, 7) is 10.4. The smallest absolute Gasteiger partial charge is 0.410 e. The summed E-state index contributed by atoms with van der Waals surface area (Å²) in [5, 5.41) is 11.2. The van der Waals surface area contributed by atoms with E-state index in [0.29, 0.717) is 23.6 Å². The Balaban J connectivity index is 1.55. The maximum atomic E-state index is 12.3. The normalized spacial score (nSPS) is 18.7. The molecule has 0 atom stereocenters. The third kappa shape index (κ3) is 5.79. The second-order valence-electron chi connectivity index (χ2n) is 8.95. The fraction of sp³-hybridized carbons (Fsp3) is 0.667. The topological polar surface area (TPSA) is 88.4 Å². The van der Waals surface area contributed by atoms with Crippen molar-refractivity contribution < 1.29 is 19.2 Å². The molecule has 0 aromatic heterocycles. The fourth-order valence-electron chi connectivity index (χ4n) is 4.15. The molecule has 172 valence electrons. The highest BCUT2D eigenvalue weighted by molar-refractivity contribution is 9.10. The van der Waals surface area contributed by atoms with Crippen molar-refractivity contribution in [3.05, 3.63) is 26.7 Å². The first-order chi connectivity index (χ1) is 14.6. The van der Waals surface area contributed by atoms with Gasteiger partial charge in [0.15, 0.2) is 5.75 Å². The summed E-state index contributed by atoms with van der Waals surface area (Å²) in [6.07, 6.45) is 1.76. The minimum Gasteiger partial charge on any atom is -0.490 e. The number of nitro groups is 1. The van der Waals surface area contributed by atoms with E-state index >= 15 is 0 Å². The lowest BCUT2D eigenvalue weighted by Crippen LogP contribution is -2.55. The van der Waals surface area contributed by atoms with Gasteiger partial charge in [-0.2, -0.15) is 0 Å². The third-order valence-corrected chi connectivity index (χ3v) is 6.37. The van der Waals surface area contributed by atoms with E-state index in [0.717, 1.165) is 44.7 Å². The van der Waals surface area contributed by atoms with Crippen molar-refractivity contribution >= 4 is 33.4 Å². The van der Waals surface area contributed by atoms with Crippen LogP contribution in [0, 0.1) is 10.1 Å². The second-order valence-corrected chi connectivity index (χ2v) is 9.81. The minimum absolute atomic E-state index is 0.0455. The van der Waals surface area contributed by atoms with Crippen LogP contribution in [0.25, 0.3) is 0 Å². The van der Waals surface area contributed by atoms with Crippen molar-refractivity contribution in [2.24, 2.45) is 0 Å². The number of nitro benzene ring substituents is 1. The number of piperazine rings is 1. The predicted molar refractivity (Wildman–Crippen MR) is 122 cm³/mol. The van der Waals surface area contributed by atoms with Gasteiger partial charge in [-0.15, -0.1) is 0 Å². The van der Waals surface area contributed by atoms with Crippen LogP contribution in [0.2, 0.25) is 0 Å². The number of hydrogen-bond donors (Lipinski definition) is 0. The molecule has 1 aromatic rings. The SMILES string of the molecule is COc1cc(N2CCC(N3CCN(C(=O)OC(C)(C)C)CC3)CC2)c(Br)cc1[N+](=O)[O-]. The van der Waals surface area contributed by atoms with Gasteiger partial charge in [0, 0.05) is 61.9 Å². The molecule has 0 spiro atoms. The van der Waals surface area contributed by atoms with Crippen molar-refractivity contribution in [3.8, 4) is 5.75 Å². The Kier molecular flexibility index (Phi) is 7.31. The van der Waals surface area contributed by atoms with E-state index in [9.17, 15) is 14.9 Å². The van der Waals surface area contributed by atoms with E-state index in [1.807, 2.05) is 20.8 Å². The summed E-state index contributed by atoms with van der Waals surface area (Å²) >= 11 is 3.49. The number of nitrogens with zero attached hydrogens (tertiary/aromatic N) is 4. The molecule has 1 aromatic carbocycles. The van der Waals surface area contributed by atoms with Crippen LogP contribution in [0.4, 0.5) is 16.2 Å². The molecule has 0 aliphatic carbocycles. The monoisotopic (exact) mass is 498 g/mol. The lowest BCUT2D eigenvalue weighted by atomic mass is 10.0. The highest BCUT2D eigenvalue weighted by atomic mass is 79.9. The molecule has 2 heterocycles. The van der Waals surface area contributed by atoms with Crippen LogP contribution in [0.3, 0.4) is 0 Å². The van der Waals surface area contributed by atoms with Gasteiger partial charge in [-0.3, -0.25) is 15.0 Å². The number of ether oxygens (including phenoxy) is 2. The van der Waals surface area contributed by atoms with E-state index in [2.05, 4.69) is 25.7 Å². The fourth-order valence-corrected chi connectivity index (χ4v) is 4.73. The summed E-state index contributed by atoms with van der Waals surface area (Å²) in [5.41, 5.74) is 0.391. The highest BCUT2D eigenvalue weighted by Gasteiger charge is 2.31. The number of benzene rings is 1. The number of rotatable bonds is 4. The second kappa shape index (κ2) is 9.60. The predicted octanol–water partition coefficient (Wildman–Crippen LogP) is 3.89. The molecule has 0 unspecified atom stereocenters. The van der Waals surface area contributed by atoms with E-state index in [1.165, 1.54) is 13.2 Å². The Morgan fingerprint density at radius 3 is 2.26 bits per heavy atom. The summed E-state index contributed by atoms with van der Waals surface area (Å²) in [4.78, 5) is 29.6. The summed E-state index contributed by atoms with van der Waals surface area (Å²) < 4.78 is 11.4. The zero-order valence-electron chi connectivity index (χ0n) is 18.6. The molecule has 9 nitrogen and oxygen atoms in total. The van der Waals surface area contributed by atoms with Gasteiger partial charge in [0.1, 0.15) is 5.60 Å². The van der Waals surface area contributed by atoms with Gasteiger partial charge in [0.25, 0.3) is 0 Å². The average Bonchev–Trinajstić information content (AvgIpc) is 2.72. The van der Waals surface area contributed by atoms with Crippen LogP contribution in [-0.4, -0.2) is 78.8 Å². The molecule has 0 radical (unpaired) electrons. The molecule has 2 aliphatic rings. The van der Waals surface area contributed by atoms with E-state index in [4.69, 9.17) is 9.47 Å². The van der Waals surface area contributed by atoms with Gasteiger partial charge < -0.3 is 19.3 Å². The van der Waals surface area contributed by atoms with Gasteiger partial charge in [-0.25, -0.2) is 4.79 Å². The molecule has 2 saturated heterocycles. The Morgan fingerprint density at radius 1 is 1.13 bits per heavy atom. The van der Waals surface area contributed by atoms with Crippen LogP contribution < -0.4 is 9.64 Å². The Bertz CT molecular complexity index is 813. The zero-order chi connectivity index (χ0) is 22.8. The number of halogens is 1. The molecule has 2 fully saturated rings. The molecule has 0 bridgehead atoms. The lowest BCUT2D eigenvalue weighted by Gasteiger charge is -2.43. The quantitative estimate of drug-likeness (QED) is 0.459. The Labute approximate surface area is 191 Å². The number of carbonyl (C=O) groups is 1. The molecule has 0 N–H and O–H groups in total. The summed E-state index contributed by atoms with van der Waals surface area (Å²) in [5.74, 6) is 0.267. The van der Waals surface area contributed by atoms with Crippen molar-refractivity contribution in [1.29, 1.82) is 0 Å². The molecular weight excluding hydrogens is 468 g/mol. The maximum Gasteiger partial charge on any atom is 0.410 e. The van der Waals surface area contributed by atoms with Gasteiger partial charge in [0.2, 0.25) is 0 Å². The molecule has 1 amide bonds. The summed E-state index contributed by atoms with van der Waals surface area (Å²) in [7, 11) is 1.45. The van der Waals surface area contributed by atoms with Crippen LogP contribution in [0.15, 0.2) is 16.6 Å². The van der Waals surface area contributed by atoms with Crippen LogP contribution in [0.1, 0.15) is 33.6 Å². The van der Waals surface area contributed by atoms with Gasteiger partial charge in [-0.1, -0.05) is 0 Å². The van der Waals surface area contributed by atoms with E-state index in [1.54, 1.807) is 11.0 Å².